The normalized spacial score (nSPS) is 22.1. The van der Waals surface area contributed by atoms with Crippen molar-refractivity contribution in [3.8, 4) is 0 Å². The molecule has 0 amide bonds. The molecular formula is C19H20O. The van der Waals surface area contributed by atoms with Crippen LogP contribution in [0, 0.1) is 11.8 Å². The minimum atomic E-state index is 0.228. The average molecular weight is 264 g/mol. The quantitative estimate of drug-likeness (QED) is 0.813. The zero-order chi connectivity index (χ0) is 13.8. The zero-order valence-corrected chi connectivity index (χ0v) is 11.7. The average Bonchev–Trinajstić information content (AvgIpc) is 2.83. The van der Waals surface area contributed by atoms with E-state index in [-0.39, 0.29) is 11.8 Å². The second-order valence-corrected chi connectivity index (χ2v) is 5.75. The first kappa shape index (κ1) is 13.1. The molecule has 1 fully saturated rings. The molecule has 1 heteroatoms. The van der Waals surface area contributed by atoms with Crippen LogP contribution in [0.1, 0.15) is 24.0 Å². The maximum atomic E-state index is 12.5. The van der Waals surface area contributed by atoms with Crippen LogP contribution in [0.5, 0.6) is 0 Å². The van der Waals surface area contributed by atoms with Crippen molar-refractivity contribution in [1.82, 2.24) is 0 Å². The Hall–Kier alpha value is -1.89. The van der Waals surface area contributed by atoms with Gasteiger partial charge >= 0.3 is 0 Å². The third-order valence-electron chi connectivity index (χ3n) is 4.32. The summed E-state index contributed by atoms with van der Waals surface area (Å²) in [6.07, 6.45) is 3.91. The minimum absolute atomic E-state index is 0.228. The van der Waals surface area contributed by atoms with E-state index in [2.05, 4.69) is 48.5 Å². The molecule has 1 nitrogen and oxygen atoms in total. The minimum Gasteiger partial charge on any atom is -0.299 e. The van der Waals surface area contributed by atoms with Gasteiger partial charge in [-0.3, -0.25) is 4.79 Å². The second-order valence-electron chi connectivity index (χ2n) is 5.75. The third-order valence-corrected chi connectivity index (χ3v) is 4.32. The van der Waals surface area contributed by atoms with Gasteiger partial charge in [0.25, 0.3) is 0 Å². The van der Waals surface area contributed by atoms with E-state index < -0.39 is 0 Å². The highest BCUT2D eigenvalue weighted by atomic mass is 16.1. The fraction of sp³-hybridized carbons (Fsp3) is 0.316. The number of carbonyl (C=O) groups excluding carboxylic acids is 1. The highest BCUT2D eigenvalue weighted by Gasteiger charge is 2.33. The van der Waals surface area contributed by atoms with E-state index in [1.807, 2.05) is 12.1 Å². The van der Waals surface area contributed by atoms with E-state index in [9.17, 15) is 4.79 Å². The Morgan fingerprint density at radius 1 is 0.700 bits per heavy atom. The number of hydrogen-bond acceptors (Lipinski definition) is 1. The molecule has 0 spiro atoms. The Morgan fingerprint density at radius 3 is 1.50 bits per heavy atom. The fourth-order valence-electron chi connectivity index (χ4n) is 3.22. The van der Waals surface area contributed by atoms with Gasteiger partial charge in [-0.2, -0.15) is 0 Å². The van der Waals surface area contributed by atoms with Gasteiger partial charge in [-0.05, 0) is 36.8 Å². The van der Waals surface area contributed by atoms with Gasteiger partial charge in [0.15, 0.2) is 0 Å². The zero-order valence-electron chi connectivity index (χ0n) is 11.7. The van der Waals surface area contributed by atoms with Crippen LogP contribution in [-0.2, 0) is 17.6 Å². The van der Waals surface area contributed by atoms with E-state index in [0.717, 1.165) is 25.7 Å². The summed E-state index contributed by atoms with van der Waals surface area (Å²) in [6.45, 7) is 0. The van der Waals surface area contributed by atoms with E-state index in [4.69, 9.17) is 0 Å². The molecule has 0 unspecified atom stereocenters. The lowest BCUT2D eigenvalue weighted by atomic mass is 9.92. The Morgan fingerprint density at radius 2 is 1.10 bits per heavy atom. The lowest BCUT2D eigenvalue weighted by molar-refractivity contribution is -0.123. The molecule has 0 bridgehead atoms. The van der Waals surface area contributed by atoms with E-state index in [0.29, 0.717) is 5.78 Å². The Labute approximate surface area is 120 Å². The van der Waals surface area contributed by atoms with Crippen molar-refractivity contribution in [3.05, 3.63) is 71.8 Å². The lowest BCUT2D eigenvalue weighted by Crippen LogP contribution is -2.17. The second kappa shape index (κ2) is 6.04. The molecule has 20 heavy (non-hydrogen) atoms. The first-order valence-corrected chi connectivity index (χ1v) is 7.44. The molecule has 0 radical (unpaired) electrons. The van der Waals surface area contributed by atoms with E-state index in [1.54, 1.807) is 0 Å². The van der Waals surface area contributed by atoms with Crippen LogP contribution in [-0.4, -0.2) is 5.78 Å². The molecule has 0 heterocycles. The molecule has 3 rings (SSSR count). The van der Waals surface area contributed by atoms with Crippen LogP contribution >= 0.6 is 0 Å². The summed E-state index contributed by atoms with van der Waals surface area (Å²) < 4.78 is 0. The summed E-state index contributed by atoms with van der Waals surface area (Å²) in [4.78, 5) is 12.5. The number of hydrogen-bond donors (Lipinski definition) is 0. The monoisotopic (exact) mass is 264 g/mol. The molecule has 102 valence electrons. The highest BCUT2D eigenvalue weighted by Crippen LogP contribution is 2.32. The number of carbonyl (C=O) groups is 1. The summed E-state index contributed by atoms with van der Waals surface area (Å²) >= 11 is 0. The molecule has 0 saturated heterocycles. The van der Waals surface area contributed by atoms with Gasteiger partial charge in [0.2, 0.25) is 0 Å². The summed E-state index contributed by atoms with van der Waals surface area (Å²) in [7, 11) is 0. The number of Topliss-reactive ketones (excluding diaryl/α,β-unsaturated/α-hetero) is 1. The van der Waals surface area contributed by atoms with Crippen molar-refractivity contribution in [3.63, 3.8) is 0 Å². The van der Waals surface area contributed by atoms with Crippen molar-refractivity contribution >= 4 is 5.78 Å². The molecular weight excluding hydrogens is 244 g/mol. The molecule has 1 saturated carbocycles. The van der Waals surface area contributed by atoms with Crippen LogP contribution in [0.25, 0.3) is 0 Å². The molecule has 0 aromatic heterocycles. The van der Waals surface area contributed by atoms with Gasteiger partial charge in [0, 0.05) is 11.8 Å². The maximum Gasteiger partial charge on any atom is 0.139 e. The van der Waals surface area contributed by atoms with Crippen molar-refractivity contribution in [2.75, 3.05) is 0 Å². The third kappa shape index (κ3) is 2.98. The first-order chi connectivity index (χ1) is 9.83. The maximum absolute atomic E-state index is 12.5. The van der Waals surface area contributed by atoms with Crippen molar-refractivity contribution in [2.24, 2.45) is 11.8 Å². The van der Waals surface area contributed by atoms with Gasteiger partial charge in [0.05, 0.1) is 0 Å². The molecule has 0 aliphatic heterocycles. The van der Waals surface area contributed by atoms with Gasteiger partial charge in [0.1, 0.15) is 5.78 Å². The predicted octanol–water partition coefficient (Wildman–Crippen LogP) is 4.07. The number of ketones is 1. The Kier molecular flexibility index (Phi) is 3.96. The smallest absolute Gasteiger partial charge is 0.139 e. The lowest BCUT2D eigenvalue weighted by Gasteiger charge is -2.11. The highest BCUT2D eigenvalue weighted by molar-refractivity contribution is 5.85. The summed E-state index contributed by atoms with van der Waals surface area (Å²) in [6, 6.07) is 20.8. The van der Waals surface area contributed by atoms with E-state index >= 15 is 0 Å². The van der Waals surface area contributed by atoms with Gasteiger partial charge in [-0.25, -0.2) is 0 Å². The first-order valence-electron chi connectivity index (χ1n) is 7.44. The van der Waals surface area contributed by atoms with Crippen molar-refractivity contribution < 1.29 is 4.79 Å². The molecule has 2 atom stereocenters. The van der Waals surface area contributed by atoms with Crippen LogP contribution < -0.4 is 0 Å². The van der Waals surface area contributed by atoms with Gasteiger partial charge in [-0.15, -0.1) is 0 Å². The van der Waals surface area contributed by atoms with Gasteiger partial charge < -0.3 is 0 Å². The van der Waals surface area contributed by atoms with Crippen molar-refractivity contribution in [2.45, 2.75) is 25.7 Å². The molecule has 1 aliphatic rings. The summed E-state index contributed by atoms with van der Waals surface area (Å²) in [5, 5.41) is 0. The molecule has 1 aliphatic carbocycles. The van der Waals surface area contributed by atoms with Crippen LogP contribution in [0.4, 0.5) is 0 Å². The molecule has 2 aromatic carbocycles. The van der Waals surface area contributed by atoms with E-state index in [1.165, 1.54) is 11.1 Å². The Bertz CT molecular complexity index is 507. The Balaban J connectivity index is 1.62. The predicted molar refractivity (Wildman–Crippen MR) is 81.5 cm³/mol. The standard InChI is InChI=1S/C19H20O/c20-19-17(13-15-7-3-1-4-8-15)11-12-18(19)14-16-9-5-2-6-10-16/h1-10,17-18H,11-14H2/t17-,18+. The SMILES string of the molecule is O=C1[C@@H](Cc2ccccc2)CC[C@H]1Cc1ccccc1. The van der Waals surface area contributed by atoms with Crippen LogP contribution in [0.3, 0.4) is 0 Å². The fourth-order valence-corrected chi connectivity index (χ4v) is 3.22. The number of rotatable bonds is 4. The largest absolute Gasteiger partial charge is 0.299 e. The number of benzene rings is 2. The summed E-state index contributed by atoms with van der Waals surface area (Å²) in [5.41, 5.74) is 2.57. The van der Waals surface area contributed by atoms with Crippen LogP contribution in [0.15, 0.2) is 60.7 Å². The molecule has 2 aromatic rings. The van der Waals surface area contributed by atoms with Gasteiger partial charge in [-0.1, -0.05) is 60.7 Å². The topological polar surface area (TPSA) is 17.1 Å². The molecule has 0 N–H and O–H groups in total. The van der Waals surface area contributed by atoms with Crippen molar-refractivity contribution in [1.29, 1.82) is 0 Å². The summed E-state index contributed by atoms with van der Waals surface area (Å²) in [5.74, 6) is 0.926. The van der Waals surface area contributed by atoms with Crippen LogP contribution in [0.2, 0.25) is 0 Å².